The van der Waals surface area contributed by atoms with E-state index in [-0.39, 0.29) is 22.1 Å². The zero-order chi connectivity index (χ0) is 18.4. The molecule has 0 radical (unpaired) electrons. The molecule has 0 saturated heterocycles. The number of aromatic carboxylic acids is 1. The molecule has 0 fully saturated rings. The van der Waals surface area contributed by atoms with Crippen molar-refractivity contribution in [3.8, 4) is 0 Å². The molecule has 130 valence electrons. The summed E-state index contributed by atoms with van der Waals surface area (Å²) >= 11 is 5.63. The molecular weight excluding hydrogens is 360 g/mol. The summed E-state index contributed by atoms with van der Waals surface area (Å²) in [4.78, 5) is 28.8. The number of hydrogen-bond donors (Lipinski definition) is 4. The van der Waals surface area contributed by atoms with E-state index in [9.17, 15) is 18.4 Å². The first-order valence-corrected chi connectivity index (χ1v) is 6.93. The van der Waals surface area contributed by atoms with Gasteiger partial charge in [-0.3, -0.25) is 9.89 Å². The monoisotopic (exact) mass is 369 g/mol. The zero-order valence-electron chi connectivity index (χ0n) is 12.3. The van der Waals surface area contributed by atoms with Gasteiger partial charge in [-0.05, 0) is 12.1 Å². The number of hydrogen-bond acceptors (Lipinski definition) is 4. The van der Waals surface area contributed by atoms with Crippen LogP contribution in [0.2, 0.25) is 5.02 Å². The third kappa shape index (κ3) is 4.85. The lowest BCUT2D eigenvalue weighted by atomic mass is 10.2. The van der Waals surface area contributed by atoms with Gasteiger partial charge in [-0.15, -0.1) is 0 Å². The number of nitrogens with one attached hydrogen (secondary N) is 3. The number of aromatic amines is 2. The molecule has 0 unspecified atom stereocenters. The van der Waals surface area contributed by atoms with E-state index in [1.165, 1.54) is 0 Å². The predicted molar refractivity (Wildman–Crippen MR) is 83.5 cm³/mol. The Morgan fingerprint density at radius 3 is 2.44 bits per heavy atom. The van der Waals surface area contributed by atoms with Crippen molar-refractivity contribution in [2.45, 2.75) is 0 Å². The van der Waals surface area contributed by atoms with Crippen molar-refractivity contribution >= 4 is 29.3 Å². The first-order valence-electron chi connectivity index (χ1n) is 6.56. The molecule has 3 rings (SSSR count). The van der Waals surface area contributed by atoms with Crippen LogP contribution in [0.1, 0.15) is 20.8 Å². The van der Waals surface area contributed by atoms with Gasteiger partial charge in [-0.25, -0.2) is 18.6 Å². The summed E-state index contributed by atoms with van der Waals surface area (Å²) in [5, 5.41) is 16.3. The maximum Gasteiger partial charge on any atom is 0.353 e. The average Bonchev–Trinajstić information content (AvgIpc) is 3.25. The molecule has 2 aromatic heterocycles. The van der Waals surface area contributed by atoms with E-state index in [4.69, 9.17) is 16.7 Å². The van der Waals surface area contributed by atoms with Crippen LogP contribution in [0.15, 0.2) is 36.9 Å². The van der Waals surface area contributed by atoms with Crippen LogP contribution >= 0.6 is 11.6 Å². The molecule has 2 heterocycles. The molecule has 25 heavy (non-hydrogen) atoms. The number of benzene rings is 1. The molecule has 1 amide bonds. The van der Waals surface area contributed by atoms with Gasteiger partial charge in [0.1, 0.15) is 5.69 Å². The van der Waals surface area contributed by atoms with Crippen molar-refractivity contribution in [1.29, 1.82) is 0 Å². The Hall–Kier alpha value is -3.27. The minimum absolute atomic E-state index is 0.0896. The number of aromatic nitrogens is 4. The number of halogens is 3. The Kier molecular flexibility index (Phi) is 5.79. The fourth-order valence-corrected chi connectivity index (χ4v) is 1.83. The first-order chi connectivity index (χ1) is 11.9. The van der Waals surface area contributed by atoms with Gasteiger partial charge in [-0.1, -0.05) is 11.6 Å². The van der Waals surface area contributed by atoms with E-state index in [1.54, 1.807) is 18.7 Å². The lowest BCUT2D eigenvalue weighted by Gasteiger charge is -2.04. The van der Waals surface area contributed by atoms with Crippen LogP contribution in [0.25, 0.3) is 0 Å². The van der Waals surface area contributed by atoms with Crippen LogP contribution in [0.5, 0.6) is 0 Å². The average molecular weight is 370 g/mol. The highest BCUT2D eigenvalue weighted by molar-refractivity contribution is 6.34. The number of carboxylic acids is 1. The molecule has 4 N–H and O–H groups in total. The highest BCUT2D eigenvalue weighted by Crippen LogP contribution is 2.21. The minimum atomic E-state index is -1.26. The molecule has 0 aliphatic rings. The van der Waals surface area contributed by atoms with Gasteiger partial charge in [0.15, 0.2) is 17.5 Å². The van der Waals surface area contributed by atoms with Crippen LogP contribution in [-0.4, -0.2) is 37.1 Å². The number of carboxylic acid groups (broad SMARTS) is 1. The van der Waals surface area contributed by atoms with Crippen molar-refractivity contribution in [3.05, 3.63) is 64.8 Å². The molecule has 8 nitrogen and oxygen atoms in total. The number of carbonyl (C=O) groups excluding carboxylic acids is 1. The van der Waals surface area contributed by atoms with E-state index in [0.29, 0.717) is 12.1 Å². The van der Waals surface area contributed by atoms with Gasteiger partial charge in [0.05, 0.1) is 16.9 Å². The molecule has 0 bridgehead atoms. The predicted octanol–water partition coefficient (Wildman–Crippen LogP) is 2.70. The molecular formula is C14H10ClF2N5O3. The number of imidazole rings is 1. The minimum Gasteiger partial charge on any atom is -0.477 e. The van der Waals surface area contributed by atoms with Crippen LogP contribution in [-0.2, 0) is 0 Å². The number of anilines is 1. The summed E-state index contributed by atoms with van der Waals surface area (Å²) in [7, 11) is 0. The molecule has 0 spiro atoms. The van der Waals surface area contributed by atoms with Gasteiger partial charge in [-0.2, -0.15) is 5.10 Å². The van der Waals surface area contributed by atoms with Crippen molar-refractivity contribution in [2.75, 3.05) is 5.32 Å². The third-order valence-corrected chi connectivity index (χ3v) is 3.02. The Morgan fingerprint density at radius 1 is 1.20 bits per heavy atom. The summed E-state index contributed by atoms with van der Waals surface area (Å²) in [5.41, 5.74) is -0.540. The van der Waals surface area contributed by atoms with Gasteiger partial charge >= 0.3 is 5.97 Å². The van der Waals surface area contributed by atoms with Crippen LogP contribution < -0.4 is 5.32 Å². The molecule has 1 aromatic carbocycles. The third-order valence-electron chi connectivity index (χ3n) is 2.71. The van der Waals surface area contributed by atoms with E-state index in [0.717, 1.165) is 6.07 Å². The lowest BCUT2D eigenvalue weighted by molar-refractivity contribution is 0.0690. The second kappa shape index (κ2) is 8.02. The molecule has 0 saturated carbocycles. The Bertz CT molecular complexity index is 866. The van der Waals surface area contributed by atoms with E-state index in [1.807, 2.05) is 0 Å². The van der Waals surface area contributed by atoms with Crippen LogP contribution in [0.4, 0.5) is 14.6 Å². The Balaban J connectivity index is 0.000000386. The number of rotatable bonds is 3. The summed E-state index contributed by atoms with van der Waals surface area (Å²) < 4.78 is 25.9. The standard InChI is InChI=1S/C11H6ClF2N3O3.C3H4N2/c12-5-2-7(14)6(13)1-4(5)10(18)15-9-3-8(11(19)20)16-17-9;1-2-5-3-4-1/h1-3H,(H,19,20)(H2,15,16,17,18);1-3H,(H,4,5). The van der Waals surface area contributed by atoms with Gasteiger partial charge in [0.25, 0.3) is 5.91 Å². The summed E-state index contributed by atoms with van der Waals surface area (Å²) in [5.74, 6) is -4.61. The van der Waals surface area contributed by atoms with Crippen molar-refractivity contribution in [2.24, 2.45) is 0 Å². The van der Waals surface area contributed by atoms with Crippen LogP contribution in [0.3, 0.4) is 0 Å². The highest BCUT2D eigenvalue weighted by atomic mass is 35.5. The van der Waals surface area contributed by atoms with Gasteiger partial charge < -0.3 is 15.4 Å². The summed E-state index contributed by atoms with van der Waals surface area (Å²) in [6, 6.07) is 2.37. The largest absolute Gasteiger partial charge is 0.477 e. The number of amides is 1. The fourth-order valence-electron chi connectivity index (χ4n) is 1.59. The lowest BCUT2D eigenvalue weighted by Crippen LogP contribution is -2.13. The maximum atomic E-state index is 13.1. The van der Waals surface area contributed by atoms with Crippen LogP contribution in [0, 0.1) is 11.6 Å². The summed E-state index contributed by atoms with van der Waals surface area (Å²) in [6.45, 7) is 0. The first kappa shape index (κ1) is 18.1. The van der Waals surface area contributed by atoms with E-state index in [2.05, 4.69) is 25.5 Å². The zero-order valence-corrected chi connectivity index (χ0v) is 13.0. The number of carbonyl (C=O) groups is 2. The van der Waals surface area contributed by atoms with Crippen molar-refractivity contribution in [3.63, 3.8) is 0 Å². The highest BCUT2D eigenvalue weighted by Gasteiger charge is 2.17. The maximum absolute atomic E-state index is 13.1. The molecule has 0 aliphatic carbocycles. The number of H-pyrrole nitrogens is 2. The second-order valence-corrected chi connectivity index (χ2v) is 4.84. The molecule has 0 atom stereocenters. The molecule has 3 aromatic rings. The van der Waals surface area contributed by atoms with Crippen molar-refractivity contribution < 1.29 is 23.5 Å². The fraction of sp³-hybridized carbons (Fsp3) is 0. The summed E-state index contributed by atoms with van der Waals surface area (Å²) in [6.07, 6.45) is 5.08. The Labute approximate surface area is 143 Å². The SMILES string of the molecule is O=C(O)c1cc(NC(=O)c2cc(F)c(F)cc2Cl)n[nH]1.c1c[nH]cn1. The Morgan fingerprint density at radius 2 is 1.92 bits per heavy atom. The van der Waals surface area contributed by atoms with Gasteiger partial charge in [0, 0.05) is 18.5 Å². The topological polar surface area (TPSA) is 124 Å². The second-order valence-electron chi connectivity index (χ2n) is 4.43. The van der Waals surface area contributed by atoms with Gasteiger partial charge in [0.2, 0.25) is 0 Å². The van der Waals surface area contributed by atoms with E-state index < -0.39 is 23.5 Å². The van der Waals surface area contributed by atoms with Crippen molar-refractivity contribution in [1.82, 2.24) is 20.2 Å². The molecule has 11 heteroatoms. The number of nitrogens with zero attached hydrogens (tertiary/aromatic N) is 2. The molecule has 0 aliphatic heterocycles. The van der Waals surface area contributed by atoms with E-state index >= 15 is 0 Å². The smallest absolute Gasteiger partial charge is 0.353 e. The normalized spacial score (nSPS) is 9.88. The quantitative estimate of drug-likeness (QED) is 0.528.